The molecular weight excluding hydrogens is 189 g/mol. The summed E-state index contributed by atoms with van der Waals surface area (Å²) in [6, 6.07) is 6.97. The largest absolute Gasteiger partial charge is 0.330 e. The lowest BCUT2D eigenvalue weighted by molar-refractivity contribution is 0.268. The number of benzene rings is 1. The van der Waals surface area contributed by atoms with Crippen LogP contribution in [0, 0.1) is 11.2 Å². The maximum absolute atomic E-state index is 13.5. The molecule has 2 heteroatoms. The summed E-state index contributed by atoms with van der Waals surface area (Å²) in [6.45, 7) is 4.86. The van der Waals surface area contributed by atoms with Crippen molar-refractivity contribution >= 4 is 0 Å². The fourth-order valence-electron chi connectivity index (χ4n) is 1.91. The van der Waals surface area contributed by atoms with E-state index in [4.69, 9.17) is 5.73 Å². The zero-order valence-corrected chi connectivity index (χ0v) is 9.59. The Morgan fingerprint density at radius 1 is 1.20 bits per heavy atom. The quantitative estimate of drug-likeness (QED) is 0.792. The van der Waals surface area contributed by atoms with E-state index < -0.39 is 0 Å². The fourth-order valence-corrected chi connectivity index (χ4v) is 1.91. The molecule has 0 amide bonds. The van der Waals surface area contributed by atoms with Gasteiger partial charge in [-0.15, -0.1) is 0 Å². The van der Waals surface area contributed by atoms with Crippen molar-refractivity contribution in [1.82, 2.24) is 0 Å². The Bertz CT molecular complexity index is 297. The van der Waals surface area contributed by atoms with Crippen LogP contribution in [0.3, 0.4) is 0 Å². The topological polar surface area (TPSA) is 26.0 Å². The minimum absolute atomic E-state index is 0.0577. The highest BCUT2D eigenvalue weighted by Crippen LogP contribution is 2.30. The number of halogens is 1. The SMILES string of the molecule is CCC(CC)(CN)Cc1ccccc1F. The van der Waals surface area contributed by atoms with Gasteiger partial charge in [-0.05, 0) is 42.9 Å². The van der Waals surface area contributed by atoms with E-state index in [-0.39, 0.29) is 11.2 Å². The van der Waals surface area contributed by atoms with Gasteiger partial charge in [0, 0.05) is 0 Å². The second-order valence-electron chi connectivity index (χ2n) is 4.18. The van der Waals surface area contributed by atoms with Crippen LogP contribution in [0.5, 0.6) is 0 Å². The predicted octanol–water partition coefficient (Wildman–Crippen LogP) is 3.13. The monoisotopic (exact) mass is 209 g/mol. The Labute approximate surface area is 91.5 Å². The first kappa shape index (κ1) is 12.2. The van der Waals surface area contributed by atoms with Gasteiger partial charge < -0.3 is 5.73 Å². The lowest BCUT2D eigenvalue weighted by Crippen LogP contribution is -2.31. The van der Waals surface area contributed by atoms with Crippen LogP contribution in [-0.4, -0.2) is 6.54 Å². The number of hydrogen-bond donors (Lipinski definition) is 1. The van der Waals surface area contributed by atoms with Crippen molar-refractivity contribution in [3.63, 3.8) is 0 Å². The maximum Gasteiger partial charge on any atom is 0.126 e. The van der Waals surface area contributed by atoms with E-state index in [0.717, 1.165) is 24.8 Å². The Morgan fingerprint density at radius 2 is 1.80 bits per heavy atom. The van der Waals surface area contributed by atoms with Crippen molar-refractivity contribution in [1.29, 1.82) is 0 Å². The third-order valence-corrected chi connectivity index (χ3v) is 3.46. The van der Waals surface area contributed by atoms with Gasteiger partial charge >= 0.3 is 0 Å². The highest BCUT2D eigenvalue weighted by Gasteiger charge is 2.25. The van der Waals surface area contributed by atoms with Gasteiger partial charge in [-0.25, -0.2) is 4.39 Å². The fraction of sp³-hybridized carbons (Fsp3) is 0.538. The Morgan fingerprint density at radius 3 is 2.27 bits per heavy atom. The molecule has 0 atom stereocenters. The van der Waals surface area contributed by atoms with Crippen molar-refractivity contribution in [2.75, 3.05) is 6.54 Å². The molecule has 0 aliphatic carbocycles. The highest BCUT2D eigenvalue weighted by molar-refractivity contribution is 5.19. The predicted molar refractivity (Wildman–Crippen MR) is 62.2 cm³/mol. The van der Waals surface area contributed by atoms with E-state index in [0.29, 0.717) is 6.54 Å². The van der Waals surface area contributed by atoms with E-state index in [2.05, 4.69) is 13.8 Å². The molecule has 0 fully saturated rings. The molecule has 1 aromatic rings. The number of hydrogen-bond acceptors (Lipinski definition) is 1. The Balaban J connectivity index is 2.88. The molecule has 15 heavy (non-hydrogen) atoms. The molecule has 0 aliphatic rings. The van der Waals surface area contributed by atoms with E-state index in [1.165, 1.54) is 6.07 Å². The molecule has 0 aliphatic heterocycles. The van der Waals surface area contributed by atoms with Crippen molar-refractivity contribution in [2.45, 2.75) is 33.1 Å². The average Bonchev–Trinajstić information content (AvgIpc) is 2.29. The van der Waals surface area contributed by atoms with Crippen LogP contribution in [0.2, 0.25) is 0 Å². The molecule has 1 aromatic carbocycles. The second-order valence-corrected chi connectivity index (χ2v) is 4.18. The van der Waals surface area contributed by atoms with Crippen LogP contribution in [0.1, 0.15) is 32.3 Å². The van der Waals surface area contributed by atoms with Gasteiger partial charge in [0.1, 0.15) is 5.82 Å². The summed E-state index contributed by atoms with van der Waals surface area (Å²) in [7, 11) is 0. The smallest absolute Gasteiger partial charge is 0.126 e. The molecule has 0 unspecified atom stereocenters. The normalized spacial score (nSPS) is 11.7. The first-order chi connectivity index (χ1) is 7.17. The van der Waals surface area contributed by atoms with Crippen LogP contribution in [0.25, 0.3) is 0 Å². The molecule has 0 saturated carbocycles. The van der Waals surface area contributed by atoms with Gasteiger partial charge in [0.25, 0.3) is 0 Å². The molecule has 0 bridgehead atoms. The molecule has 0 radical (unpaired) electrons. The molecule has 1 rings (SSSR count). The van der Waals surface area contributed by atoms with Gasteiger partial charge in [-0.3, -0.25) is 0 Å². The molecule has 0 saturated heterocycles. The van der Waals surface area contributed by atoms with Crippen molar-refractivity contribution < 1.29 is 4.39 Å². The van der Waals surface area contributed by atoms with Gasteiger partial charge in [0.15, 0.2) is 0 Å². The summed E-state index contributed by atoms with van der Waals surface area (Å²) in [5.74, 6) is -0.114. The standard InChI is InChI=1S/C13H20FN/c1-3-13(4-2,10-15)9-11-7-5-6-8-12(11)14/h5-8H,3-4,9-10,15H2,1-2H3. The van der Waals surface area contributed by atoms with Crippen LogP contribution in [0.4, 0.5) is 4.39 Å². The first-order valence-corrected chi connectivity index (χ1v) is 5.61. The van der Waals surface area contributed by atoms with Gasteiger partial charge in [0.2, 0.25) is 0 Å². The second kappa shape index (κ2) is 5.26. The highest BCUT2D eigenvalue weighted by atomic mass is 19.1. The molecule has 2 N–H and O–H groups in total. The van der Waals surface area contributed by atoms with Crippen molar-refractivity contribution in [3.8, 4) is 0 Å². The van der Waals surface area contributed by atoms with Gasteiger partial charge in [-0.2, -0.15) is 0 Å². The van der Waals surface area contributed by atoms with Gasteiger partial charge in [-0.1, -0.05) is 32.0 Å². The summed E-state index contributed by atoms with van der Waals surface area (Å²) in [5.41, 5.74) is 6.65. The zero-order chi connectivity index (χ0) is 11.3. The van der Waals surface area contributed by atoms with Crippen LogP contribution < -0.4 is 5.73 Å². The summed E-state index contributed by atoms with van der Waals surface area (Å²) >= 11 is 0. The lowest BCUT2D eigenvalue weighted by Gasteiger charge is -2.30. The molecular formula is C13H20FN. The average molecular weight is 209 g/mol. The molecule has 0 aromatic heterocycles. The first-order valence-electron chi connectivity index (χ1n) is 5.61. The van der Waals surface area contributed by atoms with Crippen molar-refractivity contribution in [2.24, 2.45) is 11.1 Å². The number of rotatable bonds is 5. The summed E-state index contributed by atoms with van der Waals surface area (Å²) in [4.78, 5) is 0. The Hall–Kier alpha value is -0.890. The van der Waals surface area contributed by atoms with E-state index in [1.54, 1.807) is 6.07 Å². The molecule has 1 nitrogen and oxygen atoms in total. The van der Waals surface area contributed by atoms with E-state index in [1.807, 2.05) is 12.1 Å². The molecule has 0 heterocycles. The number of nitrogens with two attached hydrogens (primary N) is 1. The van der Waals surface area contributed by atoms with Gasteiger partial charge in [0.05, 0.1) is 0 Å². The molecule has 0 spiro atoms. The summed E-state index contributed by atoms with van der Waals surface area (Å²) < 4.78 is 13.5. The van der Waals surface area contributed by atoms with Crippen LogP contribution in [-0.2, 0) is 6.42 Å². The van der Waals surface area contributed by atoms with E-state index >= 15 is 0 Å². The lowest BCUT2D eigenvalue weighted by atomic mass is 9.77. The maximum atomic E-state index is 13.5. The Kier molecular flexibility index (Phi) is 4.28. The van der Waals surface area contributed by atoms with Crippen molar-refractivity contribution in [3.05, 3.63) is 35.6 Å². The van der Waals surface area contributed by atoms with E-state index in [9.17, 15) is 4.39 Å². The minimum Gasteiger partial charge on any atom is -0.330 e. The van der Waals surface area contributed by atoms with Crippen LogP contribution in [0.15, 0.2) is 24.3 Å². The third-order valence-electron chi connectivity index (χ3n) is 3.46. The molecule has 84 valence electrons. The third kappa shape index (κ3) is 2.78. The minimum atomic E-state index is -0.114. The summed E-state index contributed by atoms with van der Waals surface area (Å²) in [5, 5.41) is 0. The van der Waals surface area contributed by atoms with Crippen LogP contribution >= 0.6 is 0 Å². The summed E-state index contributed by atoms with van der Waals surface area (Å²) in [6.07, 6.45) is 2.73. The zero-order valence-electron chi connectivity index (χ0n) is 9.59.